The Bertz CT molecular complexity index is 576. The SMILES string of the molecule is N#Cc1nccc(-c2ccc(F)c(F)c2)n1. The van der Waals surface area contributed by atoms with Crippen molar-refractivity contribution in [3.63, 3.8) is 0 Å². The molecule has 0 saturated heterocycles. The van der Waals surface area contributed by atoms with Crippen molar-refractivity contribution in [3.8, 4) is 17.3 Å². The highest BCUT2D eigenvalue weighted by Crippen LogP contribution is 2.19. The van der Waals surface area contributed by atoms with Crippen LogP contribution >= 0.6 is 0 Å². The lowest BCUT2D eigenvalue weighted by Crippen LogP contribution is -1.92. The topological polar surface area (TPSA) is 49.6 Å². The van der Waals surface area contributed by atoms with Gasteiger partial charge in [-0.25, -0.2) is 18.7 Å². The average Bonchev–Trinajstić information content (AvgIpc) is 2.33. The van der Waals surface area contributed by atoms with Gasteiger partial charge in [-0.2, -0.15) is 5.26 Å². The van der Waals surface area contributed by atoms with E-state index >= 15 is 0 Å². The molecule has 16 heavy (non-hydrogen) atoms. The lowest BCUT2D eigenvalue weighted by Gasteiger charge is -2.01. The Morgan fingerprint density at radius 1 is 1.12 bits per heavy atom. The van der Waals surface area contributed by atoms with Crippen LogP contribution < -0.4 is 0 Å². The Kier molecular flexibility index (Phi) is 2.56. The van der Waals surface area contributed by atoms with Crippen LogP contribution in [-0.4, -0.2) is 9.97 Å². The Balaban J connectivity index is 2.51. The number of halogens is 2. The number of nitrogens with zero attached hydrogens (tertiary/aromatic N) is 3. The van der Waals surface area contributed by atoms with E-state index in [0.717, 1.165) is 12.1 Å². The summed E-state index contributed by atoms with van der Waals surface area (Å²) in [5, 5.41) is 8.60. The van der Waals surface area contributed by atoms with Crippen LogP contribution in [0.25, 0.3) is 11.3 Å². The maximum atomic E-state index is 13.0. The van der Waals surface area contributed by atoms with Crippen molar-refractivity contribution >= 4 is 0 Å². The minimum Gasteiger partial charge on any atom is -0.227 e. The van der Waals surface area contributed by atoms with E-state index in [-0.39, 0.29) is 5.82 Å². The Morgan fingerprint density at radius 3 is 2.62 bits per heavy atom. The summed E-state index contributed by atoms with van der Waals surface area (Å²) in [4.78, 5) is 7.55. The summed E-state index contributed by atoms with van der Waals surface area (Å²) in [6.45, 7) is 0. The number of rotatable bonds is 1. The molecule has 0 bridgehead atoms. The van der Waals surface area contributed by atoms with Crippen LogP contribution in [0.3, 0.4) is 0 Å². The molecule has 0 fully saturated rings. The van der Waals surface area contributed by atoms with Crippen molar-refractivity contribution in [3.05, 3.63) is 47.9 Å². The zero-order valence-electron chi connectivity index (χ0n) is 7.98. The molecule has 0 unspecified atom stereocenters. The van der Waals surface area contributed by atoms with Gasteiger partial charge in [0.05, 0.1) is 5.69 Å². The average molecular weight is 217 g/mol. The van der Waals surface area contributed by atoms with Gasteiger partial charge in [0.15, 0.2) is 11.6 Å². The maximum absolute atomic E-state index is 13.0. The smallest absolute Gasteiger partial charge is 0.227 e. The van der Waals surface area contributed by atoms with Gasteiger partial charge in [0.1, 0.15) is 6.07 Å². The molecule has 0 atom stereocenters. The normalized spacial score (nSPS) is 9.81. The molecule has 0 N–H and O–H groups in total. The third-order valence-electron chi connectivity index (χ3n) is 1.97. The van der Waals surface area contributed by atoms with Gasteiger partial charge in [-0.1, -0.05) is 0 Å². The molecule has 0 aliphatic rings. The maximum Gasteiger partial charge on any atom is 0.232 e. The summed E-state index contributed by atoms with van der Waals surface area (Å²) in [7, 11) is 0. The van der Waals surface area contributed by atoms with Crippen molar-refractivity contribution < 1.29 is 8.78 Å². The minimum absolute atomic E-state index is 0.0118. The van der Waals surface area contributed by atoms with E-state index in [1.54, 1.807) is 6.07 Å². The first-order chi connectivity index (χ1) is 7.70. The van der Waals surface area contributed by atoms with E-state index in [4.69, 9.17) is 5.26 Å². The molecule has 1 heterocycles. The van der Waals surface area contributed by atoms with Crippen LogP contribution in [0.2, 0.25) is 0 Å². The third kappa shape index (κ3) is 1.86. The van der Waals surface area contributed by atoms with Gasteiger partial charge in [0, 0.05) is 11.8 Å². The zero-order valence-corrected chi connectivity index (χ0v) is 7.98. The summed E-state index contributed by atoms with van der Waals surface area (Å²) in [5.74, 6) is -1.88. The Morgan fingerprint density at radius 2 is 1.94 bits per heavy atom. The van der Waals surface area contributed by atoms with Gasteiger partial charge in [-0.05, 0) is 24.3 Å². The summed E-state index contributed by atoms with van der Waals surface area (Å²) in [5.41, 5.74) is 0.781. The molecule has 0 amide bonds. The first kappa shape index (κ1) is 10.2. The fourth-order valence-corrected chi connectivity index (χ4v) is 1.23. The Hall–Kier alpha value is -2.35. The largest absolute Gasteiger partial charge is 0.232 e. The second-order valence-corrected chi connectivity index (χ2v) is 3.01. The molecule has 5 heteroatoms. The lowest BCUT2D eigenvalue weighted by molar-refractivity contribution is 0.509. The molecule has 2 rings (SSSR count). The molecule has 78 valence electrons. The fraction of sp³-hybridized carbons (Fsp3) is 0. The second kappa shape index (κ2) is 4.03. The first-order valence-electron chi connectivity index (χ1n) is 4.39. The molecular weight excluding hydrogens is 212 g/mol. The number of hydrogen-bond acceptors (Lipinski definition) is 3. The summed E-state index contributed by atoms with van der Waals surface area (Å²) in [6, 6.07) is 6.72. The molecule has 0 saturated carbocycles. The summed E-state index contributed by atoms with van der Waals surface area (Å²) < 4.78 is 25.7. The standard InChI is InChI=1S/C11H5F2N3/c12-8-2-1-7(5-9(8)13)10-3-4-15-11(6-14)16-10/h1-5H. The monoisotopic (exact) mass is 217 g/mol. The Labute approximate surface area is 90.0 Å². The molecule has 0 spiro atoms. The number of nitriles is 1. The number of benzene rings is 1. The van der Waals surface area contributed by atoms with Crippen LogP contribution in [0.5, 0.6) is 0 Å². The molecule has 0 radical (unpaired) electrons. The zero-order chi connectivity index (χ0) is 11.5. The summed E-state index contributed by atoms with van der Waals surface area (Å²) in [6.07, 6.45) is 1.39. The number of hydrogen-bond donors (Lipinski definition) is 0. The molecule has 3 nitrogen and oxygen atoms in total. The van der Waals surface area contributed by atoms with Gasteiger partial charge >= 0.3 is 0 Å². The predicted molar refractivity (Wildman–Crippen MR) is 52.1 cm³/mol. The van der Waals surface area contributed by atoms with Gasteiger partial charge in [-0.3, -0.25) is 0 Å². The van der Waals surface area contributed by atoms with E-state index < -0.39 is 11.6 Å². The summed E-state index contributed by atoms with van der Waals surface area (Å²) >= 11 is 0. The third-order valence-corrected chi connectivity index (χ3v) is 1.97. The highest BCUT2D eigenvalue weighted by molar-refractivity contribution is 5.58. The van der Waals surface area contributed by atoms with Crippen molar-refractivity contribution in [2.75, 3.05) is 0 Å². The fourth-order valence-electron chi connectivity index (χ4n) is 1.23. The molecular formula is C11H5F2N3. The lowest BCUT2D eigenvalue weighted by atomic mass is 10.1. The minimum atomic E-state index is -0.949. The number of aromatic nitrogens is 2. The second-order valence-electron chi connectivity index (χ2n) is 3.01. The molecule has 2 aromatic rings. The van der Waals surface area contributed by atoms with Crippen molar-refractivity contribution in [1.82, 2.24) is 9.97 Å². The van der Waals surface area contributed by atoms with Crippen LogP contribution in [-0.2, 0) is 0 Å². The van der Waals surface area contributed by atoms with E-state index in [1.807, 2.05) is 0 Å². The van der Waals surface area contributed by atoms with Crippen LogP contribution in [0.4, 0.5) is 8.78 Å². The molecule has 1 aromatic carbocycles. The first-order valence-corrected chi connectivity index (χ1v) is 4.39. The predicted octanol–water partition coefficient (Wildman–Crippen LogP) is 2.29. The van der Waals surface area contributed by atoms with Crippen molar-refractivity contribution in [1.29, 1.82) is 5.26 Å². The van der Waals surface area contributed by atoms with Crippen molar-refractivity contribution in [2.24, 2.45) is 0 Å². The highest BCUT2D eigenvalue weighted by Gasteiger charge is 2.06. The van der Waals surface area contributed by atoms with Gasteiger partial charge in [-0.15, -0.1) is 0 Å². The van der Waals surface area contributed by atoms with Gasteiger partial charge in [0.25, 0.3) is 0 Å². The van der Waals surface area contributed by atoms with E-state index in [2.05, 4.69) is 9.97 Å². The van der Waals surface area contributed by atoms with E-state index in [9.17, 15) is 8.78 Å². The molecule has 1 aromatic heterocycles. The van der Waals surface area contributed by atoms with E-state index in [0.29, 0.717) is 11.3 Å². The quantitative estimate of drug-likeness (QED) is 0.736. The highest BCUT2D eigenvalue weighted by atomic mass is 19.2. The van der Waals surface area contributed by atoms with E-state index in [1.165, 1.54) is 18.3 Å². The molecule has 0 aliphatic heterocycles. The van der Waals surface area contributed by atoms with Crippen LogP contribution in [0.1, 0.15) is 5.82 Å². The van der Waals surface area contributed by atoms with Crippen molar-refractivity contribution in [2.45, 2.75) is 0 Å². The molecule has 0 aliphatic carbocycles. The van der Waals surface area contributed by atoms with Gasteiger partial charge < -0.3 is 0 Å². The van der Waals surface area contributed by atoms with Crippen LogP contribution in [0, 0.1) is 23.0 Å². The van der Waals surface area contributed by atoms with Crippen LogP contribution in [0.15, 0.2) is 30.5 Å². The van der Waals surface area contributed by atoms with Gasteiger partial charge in [0.2, 0.25) is 5.82 Å².